The van der Waals surface area contributed by atoms with Crippen LogP contribution in [0.5, 0.6) is 0 Å². The van der Waals surface area contributed by atoms with E-state index in [0.717, 1.165) is 23.1 Å². The molecule has 5 heteroatoms. The van der Waals surface area contributed by atoms with Gasteiger partial charge in [0.15, 0.2) is 9.84 Å². The Kier molecular flexibility index (Phi) is 4.22. The van der Waals surface area contributed by atoms with Crippen molar-refractivity contribution in [3.63, 3.8) is 0 Å². The van der Waals surface area contributed by atoms with E-state index < -0.39 is 9.84 Å². The van der Waals surface area contributed by atoms with E-state index in [2.05, 4.69) is 5.32 Å². The lowest BCUT2D eigenvalue weighted by Gasteiger charge is -2.17. The van der Waals surface area contributed by atoms with Crippen LogP contribution in [0.3, 0.4) is 0 Å². The summed E-state index contributed by atoms with van der Waals surface area (Å²) in [5.41, 5.74) is 3.53. The van der Waals surface area contributed by atoms with E-state index in [1.165, 1.54) is 0 Å². The Morgan fingerprint density at radius 1 is 1.17 bits per heavy atom. The average Bonchev–Trinajstić information content (AvgIpc) is 2.46. The zero-order valence-corrected chi connectivity index (χ0v) is 13.8. The zero-order valence-electron chi connectivity index (χ0n) is 13.0. The van der Waals surface area contributed by atoms with Crippen LogP contribution in [0, 0.1) is 6.92 Å². The normalized spacial score (nSPS) is 15.7. The Hall–Kier alpha value is -2.14. The fourth-order valence-electron chi connectivity index (χ4n) is 2.93. The van der Waals surface area contributed by atoms with Crippen molar-refractivity contribution in [1.82, 2.24) is 0 Å². The Labute approximate surface area is 136 Å². The predicted octanol–water partition coefficient (Wildman–Crippen LogP) is 2.90. The van der Waals surface area contributed by atoms with Gasteiger partial charge in [-0.1, -0.05) is 29.8 Å². The third-order valence-corrected chi connectivity index (χ3v) is 5.88. The second kappa shape index (κ2) is 6.16. The second-order valence-electron chi connectivity index (χ2n) is 5.96. The van der Waals surface area contributed by atoms with Crippen LogP contribution in [-0.2, 0) is 27.5 Å². The molecule has 1 N–H and O–H groups in total. The number of sulfone groups is 1. The molecule has 0 saturated heterocycles. The maximum Gasteiger partial charge on any atom is 0.228 e. The highest BCUT2D eigenvalue weighted by Gasteiger charge is 2.23. The van der Waals surface area contributed by atoms with E-state index in [9.17, 15) is 13.2 Å². The molecule has 0 fully saturated rings. The van der Waals surface area contributed by atoms with Gasteiger partial charge in [-0.05, 0) is 49.1 Å². The first-order chi connectivity index (χ1) is 10.9. The van der Waals surface area contributed by atoms with Gasteiger partial charge in [0.25, 0.3) is 0 Å². The van der Waals surface area contributed by atoms with Gasteiger partial charge < -0.3 is 5.32 Å². The van der Waals surface area contributed by atoms with Crippen LogP contribution in [-0.4, -0.2) is 20.1 Å². The molecule has 3 rings (SSSR count). The molecule has 0 saturated carbocycles. The number of carbonyl (C=O) groups excluding carboxylic acids is 1. The Morgan fingerprint density at radius 3 is 2.78 bits per heavy atom. The van der Waals surface area contributed by atoms with Crippen LogP contribution in [0.15, 0.2) is 47.4 Å². The van der Waals surface area contributed by atoms with Gasteiger partial charge in [0, 0.05) is 5.69 Å². The van der Waals surface area contributed by atoms with Crippen LogP contribution < -0.4 is 5.32 Å². The van der Waals surface area contributed by atoms with Crippen molar-refractivity contribution in [1.29, 1.82) is 0 Å². The van der Waals surface area contributed by atoms with E-state index in [1.54, 1.807) is 18.2 Å². The smallest absolute Gasteiger partial charge is 0.228 e. The first kappa shape index (κ1) is 15.7. The maximum absolute atomic E-state index is 12.2. The summed E-state index contributed by atoms with van der Waals surface area (Å²) >= 11 is 0. The lowest BCUT2D eigenvalue weighted by atomic mass is 10.1. The number of hydrogen-bond donors (Lipinski definition) is 1. The molecule has 0 atom stereocenters. The molecule has 2 aromatic carbocycles. The van der Waals surface area contributed by atoms with Crippen molar-refractivity contribution in [2.75, 3.05) is 11.1 Å². The first-order valence-corrected chi connectivity index (χ1v) is 9.30. The molecule has 23 heavy (non-hydrogen) atoms. The number of benzene rings is 2. The molecule has 4 nitrogen and oxygen atoms in total. The summed E-state index contributed by atoms with van der Waals surface area (Å²) in [5.74, 6) is 0.105. The third-order valence-electron chi connectivity index (χ3n) is 3.99. The number of rotatable bonds is 3. The predicted molar refractivity (Wildman–Crippen MR) is 90.3 cm³/mol. The monoisotopic (exact) mass is 329 g/mol. The molecule has 0 spiro atoms. The van der Waals surface area contributed by atoms with E-state index in [4.69, 9.17) is 0 Å². The molecule has 1 aliphatic rings. The maximum atomic E-state index is 12.2. The Bertz CT molecular complexity index is 856. The summed E-state index contributed by atoms with van der Waals surface area (Å²) < 4.78 is 24.0. The lowest BCUT2D eigenvalue weighted by molar-refractivity contribution is -0.115. The van der Waals surface area contributed by atoms with Crippen molar-refractivity contribution in [2.45, 2.75) is 31.1 Å². The molecule has 0 aliphatic carbocycles. The quantitative estimate of drug-likeness (QED) is 0.942. The fraction of sp³-hybridized carbons (Fsp3) is 0.278. The van der Waals surface area contributed by atoms with Crippen molar-refractivity contribution < 1.29 is 13.2 Å². The van der Waals surface area contributed by atoms with Crippen LogP contribution in [0.25, 0.3) is 0 Å². The average molecular weight is 329 g/mol. The van der Waals surface area contributed by atoms with Gasteiger partial charge >= 0.3 is 0 Å². The minimum atomic E-state index is -3.15. The van der Waals surface area contributed by atoms with Crippen molar-refractivity contribution in [2.24, 2.45) is 0 Å². The van der Waals surface area contributed by atoms with Crippen molar-refractivity contribution in [3.8, 4) is 0 Å². The first-order valence-electron chi connectivity index (χ1n) is 7.65. The molecule has 2 aromatic rings. The van der Waals surface area contributed by atoms with Gasteiger partial charge in [-0.15, -0.1) is 0 Å². The number of nitrogens with one attached hydrogen (secondary N) is 1. The highest BCUT2D eigenvalue weighted by atomic mass is 32.2. The van der Waals surface area contributed by atoms with Crippen LogP contribution in [0.2, 0.25) is 0 Å². The summed E-state index contributed by atoms with van der Waals surface area (Å²) in [5, 5.41) is 2.85. The number of anilines is 1. The van der Waals surface area contributed by atoms with E-state index in [0.29, 0.717) is 23.4 Å². The van der Waals surface area contributed by atoms with Gasteiger partial charge in [-0.3, -0.25) is 4.79 Å². The molecule has 0 unspecified atom stereocenters. The van der Waals surface area contributed by atoms with E-state index in [-0.39, 0.29) is 11.7 Å². The molecular weight excluding hydrogens is 310 g/mol. The van der Waals surface area contributed by atoms with Crippen molar-refractivity contribution >= 4 is 21.4 Å². The van der Waals surface area contributed by atoms with Crippen LogP contribution >= 0.6 is 0 Å². The fourth-order valence-corrected chi connectivity index (χ4v) is 4.51. The number of carbonyl (C=O) groups is 1. The molecule has 1 heterocycles. The number of aryl methyl sites for hydroxylation is 2. The SMILES string of the molecule is Cc1cccc(CC(=O)Nc2ccc3c(c2)CCCS3(=O)=O)c1. The molecule has 1 aliphatic heterocycles. The molecular formula is C18H19NO3S. The second-order valence-corrected chi connectivity index (χ2v) is 8.04. The molecule has 120 valence electrons. The van der Waals surface area contributed by atoms with Crippen LogP contribution in [0.4, 0.5) is 5.69 Å². The van der Waals surface area contributed by atoms with Crippen molar-refractivity contribution in [3.05, 3.63) is 59.2 Å². The van der Waals surface area contributed by atoms with Crippen LogP contribution in [0.1, 0.15) is 23.1 Å². The minimum Gasteiger partial charge on any atom is -0.326 e. The van der Waals surface area contributed by atoms with Gasteiger partial charge in [0.1, 0.15) is 0 Å². The third kappa shape index (κ3) is 3.62. The lowest BCUT2D eigenvalue weighted by Crippen LogP contribution is -2.18. The number of hydrogen-bond acceptors (Lipinski definition) is 3. The Morgan fingerprint density at radius 2 is 2.00 bits per heavy atom. The van der Waals surface area contributed by atoms with Gasteiger partial charge in [-0.2, -0.15) is 0 Å². The van der Waals surface area contributed by atoms with E-state index in [1.807, 2.05) is 31.2 Å². The highest BCUT2D eigenvalue weighted by molar-refractivity contribution is 7.91. The number of fused-ring (bicyclic) bond motifs is 1. The Balaban J connectivity index is 1.75. The molecule has 0 aromatic heterocycles. The summed E-state index contributed by atoms with van der Waals surface area (Å²) in [6.07, 6.45) is 1.67. The summed E-state index contributed by atoms with van der Waals surface area (Å²) in [6, 6.07) is 12.9. The van der Waals surface area contributed by atoms with Gasteiger partial charge in [-0.25, -0.2) is 8.42 Å². The molecule has 1 amide bonds. The largest absolute Gasteiger partial charge is 0.326 e. The molecule has 0 radical (unpaired) electrons. The van der Waals surface area contributed by atoms with Gasteiger partial charge in [0.05, 0.1) is 17.1 Å². The minimum absolute atomic E-state index is 0.103. The van der Waals surface area contributed by atoms with E-state index >= 15 is 0 Å². The molecule has 0 bridgehead atoms. The summed E-state index contributed by atoms with van der Waals surface area (Å²) in [6.45, 7) is 1.99. The van der Waals surface area contributed by atoms with Gasteiger partial charge in [0.2, 0.25) is 5.91 Å². The standard InChI is InChI=1S/C18H19NO3S/c1-13-4-2-5-14(10-13)11-18(20)19-16-7-8-17-15(12-16)6-3-9-23(17,21)22/h2,4-5,7-8,10,12H,3,6,9,11H2,1H3,(H,19,20). The summed E-state index contributed by atoms with van der Waals surface area (Å²) in [7, 11) is -3.15. The highest BCUT2D eigenvalue weighted by Crippen LogP contribution is 2.27. The topological polar surface area (TPSA) is 63.2 Å². The zero-order chi connectivity index (χ0) is 16.4. The number of amides is 1. The summed E-state index contributed by atoms with van der Waals surface area (Å²) in [4.78, 5) is 12.6.